The van der Waals surface area contributed by atoms with Gasteiger partial charge >= 0.3 is 0 Å². The van der Waals surface area contributed by atoms with Crippen molar-refractivity contribution in [1.82, 2.24) is 24.4 Å². The number of rotatable bonds is 10. The van der Waals surface area contributed by atoms with E-state index in [-0.39, 0.29) is 11.9 Å². The van der Waals surface area contributed by atoms with Crippen molar-refractivity contribution in [3.63, 3.8) is 0 Å². The maximum atomic E-state index is 12.2. The van der Waals surface area contributed by atoms with Crippen LogP contribution in [0.15, 0.2) is 36.8 Å². The molecule has 1 N–H and O–H groups in total. The van der Waals surface area contributed by atoms with Gasteiger partial charge < -0.3 is 19.5 Å². The number of nitrogens with zero attached hydrogens (tertiary/aromatic N) is 5. The first-order valence-corrected chi connectivity index (χ1v) is 15.9. The predicted molar refractivity (Wildman–Crippen MR) is 138 cm³/mol. The van der Waals surface area contributed by atoms with Crippen LogP contribution in [0, 0.1) is 0 Å². The summed E-state index contributed by atoms with van der Waals surface area (Å²) in [5, 5.41) is 3.54. The number of fused-ring (bicyclic) bond motifs is 1. The van der Waals surface area contributed by atoms with Crippen molar-refractivity contribution in [2.75, 3.05) is 25.0 Å². The van der Waals surface area contributed by atoms with E-state index in [0.29, 0.717) is 19.7 Å². The summed E-state index contributed by atoms with van der Waals surface area (Å²) in [7, 11) is -1.10. The summed E-state index contributed by atoms with van der Waals surface area (Å²) < 4.78 is 7.89. The monoisotopic (exact) mass is 480 g/mol. The largest absolute Gasteiger partial charge is 0.365 e. The Bertz CT molecular complexity index is 1130. The second-order valence-electron chi connectivity index (χ2n) is 10.2. The number of aromatic nitrogens is 4. The van der Waals surface area contributed by atoms with Crippen LogP contribution in [0.5, 0.6) is 0 Å². The molecule has 4 heterocycles. The Kier molecular flexibility index (Phi) is 7.62. The van der Waals surface area contributed by atoms with Crippen molar-refractivity contribution in [2.24, 2.45) is 0 Å². The van der Waals surface area contributed by atoms with Crippen LogP contribution in [0.4, 0.5) is 5.82 Å². The third-order valence-corrected chi connectivity index (χ3v) is 7.82. The van der Waals surface area contributed by atoms with Gasteiger partial charge in [-0.25, -0.2) is 15.0 Å². The van der Waals surface area contributed by atoms with Crippen molar-refractivity contribution in [3.05, 3.63) is 36.8 Å². The lowest BCUT2D eigenvalue weighted by Crippen LogP contribution is -2.31. The van der Waals surface area contributed by atoms with Crippen LogP contribution in [-0.2, 0) is 16.3 Å². The average molecular weight is 481 g/mol. The number of carbonyl (C=O) groups is 1. The van der Waals surface area contributed by atoms with Gasteiger partial charge in [0.25, 0.3) is 0 Å². The number of carbonyl (C=O) groups excluding carboxylic acids is 1. The van der Waals surface area contributed by atoms with E-state index in [1.165, 1.54) is 0 Å². The minimum Gasteiger partial charge on any atom is -0.365 e. The summed E-state index contributed by atoms with van der Waals surface area (Å²) in [5.74, 6) is 1.01. The summed E-state index contributed by atoms with van der Waals surface area (Å²) in [6.07, 6.45) is 7.96. The Morgan fingerprint density at radius 2 is 2.12 bits per heavy atom. The molecule has 0 unspecified atom stereocenters. The maximum Gasteiger partial charge on any atom is 0.222 e. The van der Waals surface area contributed by atoms with Gasteiger partial charge in [-0.05, 0) is 37.1 Å². The van der Waals surface area contributed by atoms with E-state index in [0.717, 1.165) is 60.3 Å². The minimum absolute atomic E-state index is 0.181. The number of ether oxygens (including phenoxy) is 1. The molecule has 0 saturated carbocycles. The van der Waals surface area contributed by atoms with Crippen molar-refractivity contribution in [2.45, 2.75) is 64.6 Å². The van der Waals surface area contributed by atoms with E-state index >= 15 is 0 Å². The average Bonchev–Trinajstić information content (AvgIpc) is 3.43. The number of amides is 1. The molecule has 1 saturated heterocycles. The zero-order valence-corrected chi connectivity index (χ0v) is 21.8. The maximum absolute atomic E-state index is 12.2. The SMILES string of the molecule is CCCC(=O)N1CC[C@@H](Nc2ncccc2-c2cnc3c(ccn3COCC[Si](C)(C)C)n2)C1. The van der Waals surface area contributed by atoms with E-state index in [2.05, 4.69) is 29.9 Å². The Hall–Kier alpha value is -2.78. The highest BCUT2D eigenvalue weighted by Gasteiger charge is 2.26. The van der Waals surface area contributed by atoms with E-state index in [1.807, 2.05) is 40.8 Å². The standard InChI is InChI=1S/C25H36N6O2Si/c1-5-7-23(32)30-12-9-19(17-30)28-24-20(8-6-11-26-24)22-16-27-25-21(29-22)10-13-31(25)18-33-14-15-34(2,3)4/h6,8,10-11,13,16,19H,5,7,9,12,14-15,17-18H2,1-4H3,(H,26,28)/t19-/m1/s1. The van der Waals surface area contributed by atoms with Crippen LogP contribution >= 0.6 is 0 Å². The molecule has 0 aromatic carbocycles. The lowest BCUT2D eigenvalue weighted by molar-refractivity contribution is -0.130. The van der Waals surface area contributed by atoms with E-state index in [9.17, 15) is 4.79 Å². The highest BCUT2D eigenvalue weighted by atomic mass is 28.3. The highest BCUT2D eigenvalue weighted by molar-refractivity contribution is 6.76. The minimum atomic E-state index is -1.10. The molecular weight excluding hydrogens is 444 g/mol. The molecule has 8 nitrogen and oxygen atoms in total. The first kappa shape index (κ1) is 24.3. The molecule has 0 bridgehead atoms. The van der Waals surface area contributed by atoms with E-state index in [4.69, 9.17) is 14.7 Å². The summed E-state index contributed by atoms with van der Waals surface area (Å²) in [6, 6.07) is 7.22. The fourth-order valence-electron chi connectivity index (χ4n) is 4.13. The second kappa shape index (κ2) is 10.6. The van der Waals surface area contributed by atoms with Crippen LogP contribution in [0.1, 0.15) is 26.2 Å². The zero-order valence-electron chi connectivity index (χ0n) is 20.8. The fraction of sp³-hybridized carbons (Fsp3) is 0.520. The normalized spacial score (nSPS) is 16.4. The first-order chi connectivity index (χ1) is 16.3. The molecule has 34 heavy (non-hydrogen) atoms. The Morgan fingerprint density at radius 3 is 2.91 bits per heavy atom. The highest BCUT2D eigenvalue weighted by Crippen LogP contribution is 2.27. The molecule has 1 aliphatic rings. The van der Waals surface area contributed by atoms with Gasteiger partial charge in [0.1, 0.15) is 18.1 Å². The van der Waals surface area contributed by atoms with Gasteiger partial charge in [-0.1, -0.05) is 26.6 Å². The first-order valence-electron chi connectivity index (χ1n) is 12.2. The quantitative estimate of drug-likeness (QED) is 0.337. The Morgan fingerprint density at radius 1 is 1.26 bits per heavy atom. The molecule has 0 aliphatic carbocycles. The summed E-state index contributed by atoms with van der Waals surface area (Å²) >= 11 is 0. The third kappa shape index (κ3) is 6.01. The molecule has 1 fully saturated rings. The lowest BCUT2D eigenvalue weighted by Gasteiger charge is -2.18. The van der Waals surface area contributed by atoms with Gasteiger partial charge in [0.15, 0.2) is 5.65 Å². The van der Waals surface area contributed by atoms with Gasteiger partial charge in [0, 0.05) is 58.2 Å². The molecule has 9 heteroatoms. The zero-order chi connectivity index (χ0) is 24.1. The second-order valence-corrected chi connectivity index (χ2v) is 15.8. The van der Waals surface area contributed by atoms with Crippen molar-refractivity contribution in [1.29, 1.82) is 0 Å². The topological polar surface area (TPSA) is 85.2 Å². The molecule has 3 aromatic rings. The van der Waals surface area contributed by atoms with Crippen LogP contribution in [-0.4, -0.2) is 64.1 Å². The van der Waals surface area contributed by atoms with Crippen molar-refractivity contribution < 1.29 is 9.53 Å². The van der Waals surface area contributed by atoms with Crippen LogP contribution in [0.25, 0.3) is 22.4 Å². The molecule has 4 rings (SSSR count). The number of anilines is 1. The van der Waals surface area contributed by atoms with Gasteiger partial charge in [-0.2, -0.15) is 0 Å². The van der Waals surface area contributed by atoms with Gasteiger partial charge in [0.05, 0.1) is 11.9 Å². The van der Waals surface area contributed by atoms with Crippen LogP contribution < -0.4 is 5.32 Å². The molecule has 1 amide bonds. The molecule has 1 atom stereocenters. The fourth-order valence-corrected chi connectivity index (χ4v) is 4.89. The van der Waals surface area contributed by atoms with E-state index in [1.54, 1.807) is 12.4 Å². The van der Waals surface area contributed by atoms with E-state index < -0.39 is 8.07 Å². The summed E-state index contributed by atoms with van der Waals surface area (Å²) in [5.41, 5.74) is 3.33. The lowest BCUT2D eigenvalue weighted by atomic mass is 10.1. The van der Waals surface area contributed by atoms with Crippen molar-refractivity contribution >= 4 is 31.0 Å². The van der Waals surface area contributed by atoms with Gasteiger partial charge in [0.2, 0.25) is 5.91 Å². The van der Waals surface area contributed by atoms with Crippen LogP contribution in [0.2, 0.25) is 25.7 Å². The molecule has 1 aliphatic heterocycles. The smallest absolute Gasteiger partial charge is 0.222 e. The number of hydrogen-bond acceptors (Lipinski definition) is 6. The van der Waals surface area contributed by atoms with Gasteiger partial charge in [-0.15, -0.1) is 0 Å². The number of likely N-dealkylation sites (tertiary alicyclic amines) is 1. The Labute approximate surface area is 202 Å². The Balaban J connectivity index is 1.45. The molecule has 0 spiro atoms. The molecule has 0 radical (unpaired) electrons. The number of nitrogens with one attached hydrogen (secondary N) is 1. The molecule has 182 valence electrons. The summed E-state index contributed by atoms with van der Waals surface area (Å²) in [4.78, 5) is 28.3. The predicted octanol–water partition coefficient (Wildman–Crippen LogP) is 4.62. The summed E-state index contributed by atoms with van der Waals surface area (Å²) in [6.45, 7) is 11.8. The van der Waals surface area contributed by atoms with Gasteiger partial charge in [-0.3, -0.25) is 4.79 Å². The van der Waals surface area contributed by atoms with Crippen LogP contribution in [0.3, 0.4) is 0 Å². The number of pyridine rings is 1. The molecule has 3 aromatic heterocycles. The molecular formula is C25H36N6O2Si. The number of hydrogen-bond donors (Lipinski definition) is 1. The third-order valence-electron chi connectivity index (χ3n) is 6.12. The van der Waals surface area contributed by atoms with Crippen molar-refractivity contribution in [3.8, 4) is 11.3 Å².